The van der Waals surface area contributed by atoms with E-state index in [2.05, 4.69) is 4.74 Å². The van der Waals surface area contributed by atoms with E-state index >= 15 is 0 Å². The Morgan fingerprint density at radius 1 is 1.10 bits per heavy atom. The molecule has 0 aliphatic rings. The number of hydrogen-bond donors (Lipinski definition) is 0. The Bertz CT molecular complexity index is 604. The van der Waals surface area contributed by atoms with Gasteiger partial charge in [-0.25, -0.2) is 8.42 Å². The molecular weight excluding hydrogens is 380 g/mol. The number of ether oxygens (including phenoxy) is 2. The van der Waals surface area contributed by atoms with Crippen molar-refractivity contribution in [3.63, 3.8) is 0 Å². The van der Waals surface area contributed by atoms with E-state index in [4.69, 9.17) is 38.6 Å². The van der Waals surface area contributed by atoms with Gasteiger partial charge in [0.1, 0.15) is 28.9 Å². The van der Waals surface area contributed by atoms with Gasteiger partial charge in [0.2, 0.25) is 0 Å². The monoisotopic (exact) mass is 386 g/mol. The van der Waals surface area contributed by atoms with E-state index in [0.29, 0.717) is 0 Å². The summed E-state index contributed by atoms with van der Waals surface area (Å²) in [6.07, 6.45) is -4.42. The number of alkyl halides is 3. The average molecular weight is 388 g/mol. The van der Waals surface area contributed by atoms with Crippen LogP contribution in [0.15, 0.2) is 17.0 Å². The van der Waals surface area contributed by atoms with Crippen molar-refractivity contribution >= 4 is 42.9 Å². The van der Waals surface area contributed by atoms with Crippen molar-refractivity contribution in [2.45, 2.75) is 11.1 Å². The summed E-state index contributed by atoms with van der Waals surface area (Å²) in [4.78, 5) is -0.392. The average Bonchev–Trinajstić information content (AvgIpc) is 2.31. The lowest BCUT2D eigenvalue weighted by Gasteiger charge is -2.11. The van der Waals surface area contributed by atoms with Crippen molar-refractivity contribution in [2.75, 3.05) is 19.8 Å². The third-order valence-electron chi connectivity index (χ3n) is 2.03. The van der Waals surface area contributed by atoms with E-state index in [9.17, 15) is 21.6 Å². The normalized spacial score (nSPS) is 12.5. The Balaban J connectivity index is 2.64. The predicted octanol–water partition coefficient (Wildman–Crippen LogP) is 3.88. The van der Waals surface area contributed by atoms with Crippen LogP contribution < -0.4 is 4.74 Å². The van der Waals surface area contributed by atoms with Crippen LogP contribution in [-0.4, -0.2) is 34.4 Å². The highest BCUT2D eigenvalue weighted by Crippen LogP contribution is 2.37. The molecule has 0 saturated heterocycles. The zero-order valence-electron chi connectivity index (χ0n) is 10.1. The Morgan fingerprint density at radius 3 is 2.24 bits per heavy atom. The molecule has 4 nitrogen and oxygen atoms in total. The van der Waals surface area contributed by atoms with E-state index in [1.54, 1.807) is 0 Å². The van der Waals surface area contributed by atoms with Crippen LogP contribution >= 0.6 is 33.9 Å². The van der Waals surface area contributed by atoms with Gasteiger partial charge in [-0.05, 0) is 12.1 Å². The fraction of sp³-hybridized carbons (Fsp3) is 0.400. The Morgan fingerprint density at radius 2 is 1.71 bits per heavy atom. The predicted molar refractivity (Wildman–Crippen MR) is 71.9 cm³/mol. The lowest BCUT2D eigenvalue weighted by atomic mass is 10.3. The Kier molecular flexibility index (Phi) is 6.42. The summed E-state index contributed by atoms with van der Waals surface area (Å²) >= 11 is 11.5. The molecule has 1 aromatic carbocycles. The first-order valence-corrected chi connectivity index (χ1v) is 8.29. The highest BCUT2D eigenvalue weighted by atomic mass is 35.7. The molecule has 0 saturated carbocycles. The molecule has 11 heteroatoms. The summed E-state index contributed by atoms with van der Waals surface area (Å²) in [5, 5.41) is -0.547. The maximum atomic E-state index is 11.8. The molecule has 0 N–H and O–H groups in total. The topological polar surface area (TPSA) is 52.6 Å². The standard InChI is InChI=1S/C10H8Cl3F3O4S/c11-8-6(20-4-3-19-5-10(14,15)16)1-2-7(9(8)12)21(13,17)18/h1-2H,3-5H2. The zero-order valence-corrected chi connectivity index (χ0v) is 13.2. The summed E-state index contributed by atoms with van der Waals surface area (Å²) in [7, 11) is 1.07. The van der Waals surface area contributed by atoms with E-state index in [1.807, 2.05) is 0 Å². The molecule has 21 heavy (non-hydrogen) atoms. The molecular formula is C10H8Cl3F3O4S. The second-order valence-corrected chi connectivity index (χ2v) is 6.93. The fourth-order valence-electron chi connectivity index (χ4n) is 1.21. The molecule has 0 spiro atoms. The van der Waals surface area contributed by atoms with Crippen LogP contribution in [0.1, 0.15) is 0 Å². The van der Waals surface area contributed by atoms with E-state index in [-0.39, 0.29) is 29.0 Å². The van der Waals surface area contributed by atoms with E-state index in [0.717, 1.165) is 6.07 Å². The van der Waals surface area contributed by atoms with E-state index in [1.165, 1.54) is 6.07 Å². The molecule has 0 radical (unpaired) electrons. The van der Waals surface area contributed by atoms with Gasteiger partial charge in [-0.1, -0.05) is 23.2 Å². The molecule has 0 aliphatic carbocycles. The third kappa shape index (κ3) is 6.07. The molecule has 0 unspecified atom stereocenters. The third-order valence-corrected chi connectivity index (χ3v) is 4.37. The van der Waals surface area contributed by atoms with E-state index < -0.39 is 26.7 Å². The molecule has 0 fully saturated rings. The molecule has 0 aliphatic heterocycles. The largest absolute Gasteiger partial charge is 0.490 e. The minimum Gasteiger partial charge on any atom is -0.490 e. The molecule has 120 valence electrons. The maximum Gasteiger partial charge on any atom is 0.411 e. The van der Waals surface area contributed by atoms with Crippen molar-refractivity contribution < 1.29 is 31.1 Å². The summed E-state index contributed by atoms with van der Waals surface area (Å²) < 4.78 is 67.1. The van der Waals surface area contributed by atoms with Gasteiger partial charge in [0.15, 0.2) is 0 Å². The van der Waals surface area contributed by atoms with Gasteiger partial charge in [0.25, 0.3) is 9.05 Å². The van der Waals surface area contributed by atoms with Crippen LogP contribution in [-0.2, 0) is 13.8 Å². The van der Waals surface area contributed by atoms with Crippen LogP contribution in [0.2, 0.25) is 10.0 Å². The Hall–Kier alpha value is -0.410. The quantitative estimate of drug-likeness (QED) is 0.549. The van der Waals surface area contributed by atoms with Gasteiger partial charge in [-0.2, -0.15) is 13.2 Å². The smallest absolute Gasteiger partial charge is 0.411 e. The second-order valence-electron chi connectivity index (χ2n) is 3.64. The van der Waals surface area contributed by atoms with Crippen molar-refractivity contribution in [3.8, 4) is 5.75 Å². The lowest BCUT2D eigenvalue weighted by Crippen LogP contribution is -2.19. The number of hydrogen-bond acceptors (Lipinski definition) is 4. The lowest BCUT2D eigenvalue weighted by molar-refractivity contribution is -0.175. The SMILES string of the molecule is O=S(=O)(Cl)c1ccc(OCCOCC(F)(F)F)c(Cl)c1Cl. The minimum atomic E-state index is -4.42. The molecule has 0 bridgehead atoms. The molecule has 0 aromatic heterocycles. The van der Waals surface area contributed by atoms with Crippen LogP contribution in [0.25, 0.3) is 0 Å². The number of rotatable bonds is 6. The van der Waals surface area contributed by atoms with Crippen molar-refractivity contribution in [1.82, 2.24) is 0 Å². The highest BCUT2D eigenvalue weighted by molar-refractivity contribution is 8.13. The second kappa shape index (κ2) is 7.23. The van der Waals surface area contributed by atoms with Gasteiger partial charge in [-0.15, -0.1) is 0 Å². The van der Waals surface area contributed by atoms with Crippen LogP contribution in [0.4, 0.5) is 13.2 Å². The molecule has 1 aromatic rings. The van der Waals surface area contributed by atoms with Crippen molar-refractivity contribution in [1.29, 1.82) is 0 Å². The van der Waals surface area contributed by atoms with Gasteiger partial charge in [-0.3, -0.25) is 0 Å². The van der Waals surface area contributed by atoms with Gasteiger partial charge >= 0.3 is 6.18 Å². The number of benzene rings is 1. The maximum absolute atomic E-state index is 11.8. The first kappa shape index (κ1) is 18.6. The molecule has 0 heterocycles. The summed E-state index contributed by atoms with van der Waals surface area (Å²) in [6, 6.07) is 2.26. The first-order valence-electron chi connectivity index (χ1n) is 5.22. The summed E-state index contributed by atoms with van der Waals surface area (Å²) in [6.45, 7) is -1.95. The van der Waals surface area contributed by atoms with Crippen molar-refractivity contribution in [3.05, 3.63) is 22.2 Å². The number of halogens is 6. The van der Waals surface area contributed by atoms with Crippen LogP contribution in [0, 0.1) is 0 Å². The summed E-state index contributed by atoms with van der Waals surface area (Å²) in [5.74, 6) is 0.00124. The van der Waals surface area contributed by atoms with Crippen LogP contribution in [0.3, 0.4) is 0 Å². The summed E-state index contributed by atoms with van der Waals surface area (Å²) in [5.41, 5.74) is 0. The minimum absolute atomic E-state index is 0.00124. The fourth-order valence-corrected chi connectivity index (χ4v) is 3.00. The van der Waals surface area contributed by atoms with Gasteiger partial charge < -0.3 is 9.47 Å². The Labute approximate surface area is 133 Å². The van der Waals surface area contributed by atoms with Gasteiger partial charge in [0, 0.05) is 10.7 Å². The molecule has 1 rings (SSSR count). The highest BCUT2D eigenvalue weighted by Gasteiger charge is 2.27. The molecule has 0 atom stereocenters. The zero-order chi connectivity index (χ0) is 16.3. The van der Waals surface area contributed by atoms with Crippen LogP contribution in [0.5, 0.6) is 5.75 Å². The molecule has 0 amide bonds. The van der Waals surface area contributed by atoms with Crippen molar-refractivity contribution in [2.24, 2.45) is 0 Å². The first-order chi connectivity index (χ1) is 9.52. The van der Waals surface area contributed by atoms with Gasteiger partial charge in [0.05, 0.1) is 11.6 Å².